The van der Waals surface area contributed by atoms with Gasteiger partial charge in [-0.15, -0.1) is 0 Å². The Morgan fingerprint density at radius 3 is 1.88 bits per heavy atom. The molecule has 0 aromatic carbocycles. The molecule has 0 radical (unpaired) electrons. The maximum Gasteiger partial charge on any atom is 0.0936 e. The first kappa shape index (κ1) is 21.5. The summed E-state index contributed by atoms with van der Waals surface area (Å²) in [5.41, 5.74) is 11.4. The molecule has 2 rings (SSSR count). The van der Waals surface area contributed by atoms with Crippen molar-refractivity contribution in [3.63, 3.8) is 0 Å². The van der Waals surface area contributed by atoms with Crippen molar-refractivity contribution >= 4 is 5.84 Å². The van der Waals surface area contributed by atoms with Crippen molar-refractivity contribution in [2.75, 3.05) is 0 Å². The van der Waals surface area contributed by atoms with Crippen molar-refractivity contribution < 1.29 is 0 Å². The Morgan fingerprint density at radius 1 is 0.875 bits per heavy atom. The Labute approximate surface area is 150 Å². The van der Waals surface area contributed by atoms with Crippen LogP contribution >= 0.6 is 0 Å². The van der Waals surface area contributed by atoms with Gasteiger partial charge in [-0.2, -0.15) is 0 Å². The zero-order valence-corrected chi connectivity index (χ0v) is 16.7. The fraction of sp³-hybridized carbons (Fsp3) is 0.952. The van der Waals surface area contributed by atoms with E-state index < -0.39 is 0 Å². The molecule has 2 aliphatic carbocycles. The van der Waals surface area contributed by atoms with Gasteiger partial charge in [0, 0.05) is 12.0 Å². The fourth-order valence-electron chi connectivity index (χ4n) is 4.59. The lowest BCUT2D eigenvalue weighted by atomic mass is 9.78. The Morgan fingerprint density at radius 2 is 1.42 bits per heavy atom. The van der Waals surface area contributed by atoms with Gasteiger partial charge in [0.25, 0.3) is 0 Å². The van der Waals surface area contributed by atoms with Crippen molar-refractivity contribution in [1.82, 2.24) is 0 Å². The second-order valence-electron chi connectivity index (χ2n) is 9.22. The molecule has 5 N–H and O–H groups in total. The van der Waals surface area contributed by atoms with E-state index in [1.54, 1.807) is 0 Å². The zero-order chi connectivity index (χ0) is 18.1. The van der Waals surface area contributed by atoms with Crippen molar-refractivity contribution in [2.24, 2.45) is 41.1 Å². The molecule has 3 nitrogen and oxygen atoms in total. The van der Waals surface area contributed by atoms with Crippen molar-refractivity contribution in [1.29, 1.82) is 5.41 Å². The molecule has 0 heterocycles. The summed E-state index contributed by atoms with van der Waals surface area (Å²) < 4.78 is 0. The monoisotopic (exact) mass is 337 g/mol. The van der Waals surface area contributed by atoms with Crippen LogP contribution in [0, 0.1) is 35.0 Å². The first-order chi connectivity index (χ1) is 11.3. The van der Waals surface area contributed by atoms with Gasteiger partial charge in [0.2, 0.25) is 0 Å². The van der Waals surface area contributed by atoms with E-state index in [4.69, 9.17) is 16.9 Å². The Balaban J connectivity index is 0.000000243. The standard InChI is InChI=1S/C11H22N2.C10H21N/c1-8(2)7-9-3-5-10(6-4-9)11(12)13;1-8(2)6-9-4-3-5-10(11)7-9/h8-10H,3-7H2,1-2H3,(H3,12,13);8-10H,3-7,11H2,1-2H3. The van der Waals surface area contributed by atoms with Gasteiger partial charge in [0.05, 0.1) is 5.84 Å². The topological polar surface area (TPSA) is 75.9 Å². The van der Waals surface area contributed by atoms with Crippen LogP contribution in [0.15, 0.2) is 0 Å². The van der Waals surface area contributed by atoms with Crippen LogP contribution in [0.2, 0.25) is 0 Å². The molecule has 2 atom stereocenters. The first-order valence-corrected chi connectivity index (χ1v) is 10.4. The van der Waals surface area contributed by atoms with Gasteiger partial charge in [0.1, 0.15) is 0 Å². The average molecular weight is 338 g/mol. The van der Waals surface area contributed by atoms with Gasteiger partial charge < -0.3 is 11.5 Å². The summed E-state index contributed by atoms with van der Waals surface area (Å²) in [6.07, 6.45) is 12.9. The van der Waals surface area contributed by atoms with Gasteiger partial charge in [-0.1, -0.05) is 40.5 Å². The third-order valence-corrected chi connectivity index (χ3v) is 5.72. The number of amidine groups is 1. The predicted octanol–water partition coefficient (Wildman–Crippen LogP) is 5.32. The lowest BCUT2D eigenvalue weighted by molar-refractivity contribution is 0.278. The highest BCUT2D eigenvalue weighted by molar-refractivity contribution is 5.79. The van der Waals surface area contributed by atoms with E-state index in [1.807, 2.05) is 0 Å². The minimum Gasteiger partial charge on any atom is -0.387 e. The molecule has 2 aliphatic rings. The lowest BCUT2D eigenvalue weighted by Gasteiger charge is -2.28. The summed E-state index contributed by atoms with van der Waals surface area (Å²) in [5, 5.41) is 7.37. The number of rotatable bonds is 5. The predicted molar refractivity (Wildman–Crippen MR) is 106 cm³/mol. The Kier molecular flexibility index (Phi) is 9.95. The molecule has 0 bridgehead atoms. The summed E-state index contributed by atoms with van der Waals surface area (Å²) >= 11 is 0. The van der Waals surface area contributed by atoms with Gasteiger partial charge in [0.15, 0.2) is 0 Å². The molecule has 0 saturated heterocycles. The highest BCUT2D eigenvalue weighted by Crippen LogP contribution is 2.32. The molecule has 0 aliphatic heterocycles. The average Bonchev–Trinajstić information content (AvgIpc) is 2.47. The summed E-state index contributed by atoms with van der Waals surface area (Å²) in [4.78, 5) is 0. The maximum absolute atomic E-state index is 7.37. The molecule has 2 unspecified atom stereocenters. The quantitative estimate of drug-likeness (QED) is 0.469. The van der Waals surface area contributed by atoms with E-state index in [1.165, 1.54) is 51.4 Å². The number of hydrogen-bond donors (Lipinski definition) is 3. The molecule has 142 valence electrons. The summed E-state index contributed by atoms with van der Waals surface area (Å²) in [6, 6.07) is 0.507. The highest BCUT2D eigenvalue weighted by atomic mass is 14.7. The molecule has 24 heavy (non-hydrogen) atoms. The van der Waals surface area contributed by atoms with E-state index in [0.29, 0.717) is 17.8 Å². The van der Waals surface area contributed by atoms with Crippen LogP contribution in [0.25, 0.3) is 0 Å². The van der Waals surface area contributed by atoms with E-state index >= 15 is 0 Å². The van der Waals surface area contributed by atoms with E-state index in [2.05, 4.69) is 27.7 Å². The highest BCUT2D eigenvalue weighted by Gasteiger charge is 2.23. The summed E-state index contributed by atoms with van der Waals surface area (Å²) in [6.45, 7) is 9.19. The minimum absolute atomic E-state index is 0.392. The molecule has 0 aromatic heterocycles. The number of hydrogen-bond acceptors (Lipinski definition) is 2. The molecule has 2 fully saturated rings. The molecular formula is C21H43N3. The largest absolute Gasteiger partial charge is 0.387 e. The van der Waals surface area contributed by atoms with Gasteiger partial charge in [-0.05, 0) is 75.0 Å². The Hall–Kier alpha value is -0.570. The molecule has 0 spiro atoms. The van der Waals surface area contributed by atoms with Gasteiger partial charge in [-0.25, -0.2) is 0 Å². The molecule has 0 aromatic rings. The van der Waals surface area contributed by atoms with Crippen molar-refractivity contribution in [2.45, 2.75) is 97.9 Å². The van der Waals surface area contributed by atoms with Gasteiger partial charge >= 0.3 is 0 Å². The zero-order valence-electron chi connectivity index (χ0n) is 16.7. The van der Waals surface area contributed by atoms with Crippen LogP contribution in [0.5, 0.6) is 0 Å². The Bertz CT molecular complexity index is 341. The second-order valence-corrected chi connectivity index (χ2v) is 9.22. The molecular weight excluding hydrogens is 294 g/mol. The molecule has 2 saturated carbocycles. The summed E-state index contributed by atoms with van der Waals surface area (Å²) in [5.74, 6) is 4.30. The third-order valence-electron chi connectivity index (χ3n) is 5.72. The first-order valence-electron chi connectivity index (χ1n) is 10.4. The number of nitrogens with one attached hydrogen (secondary N) is 1. The fourth-order valence-corrected chi connectivity index (χ4v) is 4.59. The normalized spacial score (nSPS) is 30.8. The van der Waals surface area contributed by atoms with Crippen LogP contribution in [-0.4, -0.2) is 11.9 Å². The van der Waals surface area contributed by atoms with Crippen LogP contribution < -0.4 is 11.5 Å². The van der Waals surface area contributed by atoms with E-state index in [-0.39, 0.29) is 0 Å². The molecule has 3 heteroatoms. The molecule has 0 amide bonds. The maximum atomic E-state index is 7.37. The number of nitrogens with two attached hydrogens (primary N) is 2. The van der Waals surface area contributed by atoms with E-state index in [0.717, 1.165) is 36.5 Å². The van der Waals surface area contributed by atoms with Gasteiger partial charge in [-0.3, -0.25) is 5.41 Å². The summed E-state index contributed by atoms with van der Waals surface area (Å²) in [7, 11) is 0. The smallest absolute Gasteiger partial charge is 0.0936 e. The van der Waals surface area contributed by atoms with E-state index in [9.17, 15) is 0 Å². The minimum atomic E-state index is 0.392. The van der Waals surface area contributed by atoms with Crippen LogP contribution in [0.4, 0.5) is 0 Å². The second kappa shape index (κ2) is 11.1. The van der Waals surface area contributed by atoms with Crippen molar-refractivity contribution in [3.05, 3.63) is 0 Å². The SMILES string of the molecule is CC(C)CC1CCC(C(=N)N)CC1.CC(C)CC1CCCC(N)C1. The van der Waals surface area contributed by atoms with Crippen molar-refractivity contribution in [3.8, 4) is 0 Å². The third kappa shape index (κ3) is 9.05. The van der Waals surface area contributed by atoms with Crippen LogP contribution in [0.1, 0.15) is 91.9 Å². The van der Waals surface area contributed by atoms with Crippen LogP contribution in [0.3, 0.4) is 0 Å². The lowest BCUT2D eigenvalue weighted by Crippen LogP contribution is -2.28. The van der Waals surface area contributed by atoms with Crippen LogP contribution in [-0.2, 0) is 0 Å².